The number of hydrogen-bond donors (Lipinski definition) is 2. The topological polar surface area (TPSA) is 87.7 Å². The third-order valence-corrected chi connectivity index (χ3v) is 5.43. The summed E-state index contributed by atoms with van der Waals surface area (Å²) in [7, 11) is 1.52. The molecule has 1 aromatic rings. The minimum absolute atomic E-state index is 0.0672. The molecule has 7 heteroatoms. The minimum atomic E-state index is -0.851. The molecule has 7 nitrogen and oxygen atoms in total. The lowest BCUT2D eigenvalue weighted by Crippen LogP contribution is -2.54. The van der Waals surface area contributed by atoms with E-state index in [2.05, 4.69) is 10.6 Å². The fraction of sp³-hybridized carbons (Fsp3) is 0.526. The highest BCUT2D eigenvalue weighted by Crippen LogP contribution is 2.38. The second-order valence-corrected chi connectivity index (χ2v) is 7.19. The molecule has 1 saturated heterocycles. The fourth-order valence-electron chi connectivity index (χ4n) is 3.89. The molecule has 4 amide bonds. The van der Waals surface area contributed by atoms with Gasteiger partial charge in [-0.3, -0.25) is 14.5 Å². The number of rotatable bonds is 4. The molecule has 1 heterocycles. The van der Waals surface area contributed by atoms with Crippen molar-refractivity contribution in [2.45, 2.75) is 45.1 Å². The Labute approximate surface area is 153 Å². The summed E-state index contributed by atoms with van der Waals surface area (Å²) in [5.74, 6) is -0.130. The number of methoxy groups -OCH3 is 1. The molecule has 0 radical (unpaired) electrons. The Kier molecular flexibility index (Phi) is 4.89. The summed E-state index contributed by atoms with van der Waals surface area (Å²) < 4.78 is 5.24. The number of imide groups is 1. The predicted octanol–water partition coefficient (Wildman–Crippen LogP) is 2.44. The maximum absolute atomic E-state index is 12.9. The van der Waals surface area contributed by atoms with Crippen LogP contribution in [0, 0.1) is 12.8 Å². The average Bonchev–Trinajstić information content (AvgIpc) is 2.83. The second kappa shape index (κ2) is 6.97. The zero-order valence-corrected chi connectivity index (χ0v) is 15.4. The van der Waals surface area contributed by atoms with Gasteiger partial charge in [0.25, 0.3) is 5.91 Å². The van der Waals surface area contributed by atoms with E-state index in [1.54, 1.807) is 12.1 Å². The summed E-state index contributed by atoms with van der Waals surface area (Å²) in [6, 6.07) is 4.93. The molecular formula is C19H25N3O4. The summed E-state index contributed by atoms with van der Waals surface area (Å²) >= 11 is 0. The average molecular weight is 359 g/mol. The normalized spacial score (nSPS) is 25.3. The van der Waals surface area contributed by atoms with E-state index in [1.807, 2.05) is 19.9 Å². The Morgan fingerprint density at radius 1 is 1.38 bits per heavy atom. The number of anilines is 1. The van der Waals surface area contributed by atoms with Crippen LogP contribution in [0.3, 0.4) is 0 Å². The van der Waals surface area contributed by atoms with Crippen LogP contribution in [0.5, 0.6) is 5.75 Å². The van der Waals surface area contributed by atoms with Crippen molar-refractivity contribution in [3.05, 3.63) is 23.8 Å². The molecule has 26 heavy (non-hydrogen) atoms. The Morgan fingerprint density at radius 3 is 2.85 bits per heavy atom. The molecule has 0 aromatic heterocycles. The van der Waals surface area contributed by atoms with Crippen molar-refractivity contribution in [3.63, 3.8) is 0 Å². The molecular weight excluding hydrogens is 334 g/mol. The number of carbonyl (C=O) groups is 3. The molecule has 2 N–H and O–H groups in total. The number of amides is 4. The van der Waals surface area contributed by atoms with E-state index in [0.29, 0.717) is 17.9 Å². The van der Waals surface area contributed by atoms with Gasteiger partial charge in [0.1, 0.15) is 17.8 Å². The third-order valence-electron chi connectivity index (χ3n) is 5.43. The van der Waals surface area contributed by atoms with Crippen molar-refractivity contribution in [1.29, 1.82) is 0 Å². The van der Waals surface area contributed by atoms with Crippen molar-refractivity contribution in [2.24, 2.45) is 5.92 Å². The standard InChI is InChI=1S/C19H25N3O4/c1-12-7-8-15(26-3)14(10-12)20-16(23)11-22-17(24)19(21-18(22)25)9-5-4-6-13(19)2/h7-8,10,13H,4-6,9,11H2,1-3H3,(H,20,23)(H,21,25)/t13-,19+/m0/s1. The summed E-state index contributed by atoms with van der Waals surface area (Å²) in [5.41, 5.74) is 0.632. The number of ether oxygens (including phenoxy) is 1. The molecule has 1 aliphatic carbocycles. The van der Waals surface area contributed by atoms with E-state index in [4.69, 9.17) is 4.74 Å². The Morgan fingerprint density at radius 2 is 2.15 bits per heavy atom. The number of hydrogen-bond acceptors (Lipinski definition) is 4. The SMILES string of the molecule is COc1ccc(C)cc1NC(=O)CN1C(=O)N[C@@]2(CCCC[C@@H]2C)C1=O. The number of nitrogens with one attached hydrogen (secondary N) is 2. The second-order valence-electron chi connectivity index (χ2n) is 7.19. The van der Waals surface area contributed by atoms with Crippen molar-refractivity contribution >= 4 is 23.5 Å². The summed E-state index contributed by atoms with van der Waals surface area (Å²) in [5, 5.41) is 5.59. The first-order chi connectivity index (χ1) is 12.4. The van der Waals surface area contributed by atoms with E-state index >= 15 is 0 Å². The summed E-state index contributed by atoms with van der Waals surface area (Å²) in [4.78, 5) is 38.7. The highest BCUT2D eigenvalue weighted by atomic mass is 16.5. The summed E-state index contributed by atoms with van der Waals surface area (Å²) in [6.45, 7) is 3.58. The van der Waals surface area contributed by atoms with Crippen LogP contribution in [0.25, 0.3) is 0 Å². The van der Waals surface area contributed by atoms with Gasteiger partial charge in [-0.2, -0.15) is 0 Å². The first kappa shape index (κ1) is 18.2. The van der Waals surface area contributed by atoms with E-state index in [9.17, 15) is 14.4 Å². The number of nitrogens with zero attached hydrogens (tertiary/aromatic N) is 1. The zero-order chi connectivity index (χ0) is 18.9. The summed E-state index contributed by atoms with van der Waals surface area (Å²) in [6.07, 6.45) is 3.48. The van der Waals surface area contributed by atoms with Gasteiger partial charge in [0.15, 0.2) is 0 Å². The lowest BCUT2D eigenvalue weighted by atomic mass is 9.73. The maximum atomic E-state index is 12.9. The first-order valence-electron chi connectivity index (χ1n) is 8.96. The van der Waals surface area contributed by atoms with E-state index in [-0.39, 0.29) is 18.4 Å². The lowest BCUT2D eigenvalue weighted by molar-refractivity contribution is -0.136. The highest BCUT2D eigenvalue weighted by molar-refractivity contribution is 6.10. The molecule has 1 saturated carbocycles. The molecule has 0 bridgehead atoms. The van der Waals surface area contributed by atoms with Crippen LogP contribution in [-0.2, 0) is 9.59 Å². The van der Waals surface area contributed by atoms with Crippen LogP contribution in [0.1, 0.15) is 38.2 Å². The van der Waals surface area contributed by atoms with E-state index < -0.39 is 17.5 Å². The van der Waals surface area contributed by atoms with Crippen LogP contribution in [0.4, 0.5) is 10.5 Å². The molecule has 1 aromatic carbocycles. The van der Waals surface area contributed by atoms with Gasteiger partial charge >= 0.3 is 6.03 Å². The molecule has 0 unspecified atom stereocenters. The van der Waals surface area contributed by atoms with Crippen molar-refractivity contribution in [3.8, 4) is 5.75 Å². The molecule has 2 fully saturated rings. The molecule has 1 aliphatic heterocycles. The Bertz CT molecular complexity index is 748. The monoisotopic (exact) mass is 359 g/mol. The van der Waals surface area contributed by atoms with E-state index in [1.165, 1.54) is 7.11 Å². The number of aryl methyl sites for hydroxylation is 1. The van der Waals surface area contributed by atoms with Crippen molar-refractivity contribution in [2.75, 3.05) is 19.0 Å². The van der Waals surface area contributed by atoms with Crippen molar-refractivity contribution in [1.82, 2.24) is 10.2 Å². The zero-order valence-electron chi connectivity index (χ0n) is 15.4. The highest BCUT2D eigenvalue weighted by Gasteiger charge is 2.55. The lowest BCUT2D eigenvalue weighted by Gasteiger charge is -2.36. The van der Waals surface area contributed by atoms with Gasteiger partial charge in [0.2, 0.25) is 5.91 Å². The largest absolute Gasteiger partial charge is 0.495 e. The smallest absolute Gasteiger partial charge is 0.325 e. The van der Waals surface area contributed by atoms with Gasteiger partial charge in [-0.25, -0.2) is 4.79 Å². The Balaban J connectivity index is 1.73. The maximum Gasteiger partial charge on any atom is 0.325 e. The van der Waals surface area contributed by atoms with Crippen LogP contribution in [-0.4, -0.2) is 41.9 Å². The van der Waals surface area contributed by atoms with Gasteiger partial charge in [0.05, 0.1) is 12.8 Å². The number of urea groups is 1. The first-order valence-corrected chi connectivity index (χ1v) is 8.96. The molecule has 1 spiro atoms. The van der Waals surface area contributed by atoms with Gasteiger partial charge in [-0.1, -0.05) is 25.8 Å². The van der Waals surface area contributed by atoms with Crippen LogP contribution < -0.4 is 15.4 Å². The minimum Gasteiger partial charge on any atom is -0.495 e. The Hall–Kier alpha value is -2.57. The molecule has 2 aliphatic rings. The van der Waals surface area contributed by atoms with Gasteiger partial charge in [-0.15, -0.1) is 0 Å². The number of carbonyl (C=O) groups excluding carboxylic acids is 3. The quantitative estimate of drug-likeness (QED) is 0.809. The van der Waals surface area contributed by atoms with Crippen LogP contribution >= 0.6 is 0 Å². The van der Waals surface area contributed by atoms with Crippen molar-refractivity contribution < 1.29 is 19.1 Å². The van der Waals surface area contributed by atoms with Gasteiger partial charge in [0, 0.05) is 0 Å². The van der Waals surface area contributed by atoms with E-state index in [0.717, 1.165) is 29.7 Å². The van der Waals surface area contributed by atoms with Gasteiger partial charge in [-0.05, 0) is 43.4 Å². The van der Waals surface area contributed by atoms with Gasteiger partial charge < -0.3 is 15.4 Å². The third kappa shape index (κ3) is 3.13. The van der Waals surface area contributed by atoms with Crippen LogP contribution in [0.2, 0.25) is 0 Å². The van der Waals surface area contributed by atoms with Crippen LogP contribution in [0.15, 0.2) is 18.2 Å². The molecule has 2 atom stereocenters. The fourth-order valence-corrected chi connectivity index (χ4v) is 3.89. The number of benzene rings is 1. The molecule has 140 valence electrons. The predicted molar refractivity (Wildman–Crippen MR) is 97.0 cm³/mol. The molecule has 3 rings (SSSR count).